The molecule has 1 fully saturated rings. The van der Waals surface area contributed by atoms with Gasteiger partial charge in [0.15, 0.2) is 0 Å². The van der Waals surface area contributed by atoms with Crippen molar-refractivity contribution in [2.75, 3.05) is 11.5 Å². The summed E-state index contributed by atoms with van der Waals surface area (Å²) >= 11 is 1.81. The minimum absolute atomic E-state index is 0.122. The molecule has 1 saturated heterocycles. The molecule has 0 N–H and O–H groups in total. The Kier molecular flexibility index (Phi) is 3.41. The first kappa shape index (κ1) is 10.7. The van der Waals surface area contributed by atoms with Gasteiger partial charge in [0, 0.05) is 11.5 Å². The van der Waals surface area contributed by atoms with E-state index in [1.54, 1.807) is 36.0 Å². The number of carbonyl (C=O) groups excluding carboxylic acids is 1. The maximum absolute atomic E-state index is 14.0. The number of alkyl halides is 1. The molecule has 15 heavy (non-hydrogen) atoms. The van der Waals surface area contributed by atoms with E-state index in [0.717, 1.165) is 24.2 Å². The highest BCUT2D eigenvalue weighted by Crippen LogP contribution is 2.36. The van der Waals surface area contributed by atoms with E-state index in [1.807, 2.05) is 0 Å². The molecule has 0 aromatic heterocycles. The van der Waals surface area contributed by atoms with Gasteiger partial charge in [-0.05, 0) is 29.6 Å². The molecular weight excluding hydrogens is 211 g/mol. The van der Waals surface area contributed by atoms with Crippen molar-refractivity contribution in [1.29, 1.82) is 0 Å². The maximum atomic E-state index is 14.0. The van der Waals surface area contributed by atoms with Crippen molar-refractivity contribution in [3.8, 4) is 0 Å². The van der Waals surface area contributed by atoms with Crippen LogP contribution in [-0.2, 0) is 0 Å². The lowest BCUT2D eigenvalue weighted by atomic mass is 9.96. The molecule has 2 rings (SSSR count). The summed E-state index contributed by atoms with van der Waals surface area (Å²) in [5.41, 5.74) is 1.20. The number of hydrogen-bond acceptors (Lipinski definition) is 2. The third kappa shape index (κ3) is 2.40. The third-order valence-electron chi connectivity index (χ3n) is 2.74. The molecule has 0 spiro atoms. The Hall–Kier alpha value is -0.830. The fourth-order valence-corrected chi connectivity index (χ4v) is 3.13. The molecule has 80 valence electrons. The monoisotopic (exact) mass is 224 g/mol. The zero-order chi connectivity index (χ0) is 10.7. The van der Waals surface area contributed by atoms with Crippen molar-refractivity contribution in [3.63, 3.8) is 0 Å². The van der Waals surface area contributed by atoms with Crippen LogP contribution in [0.25, 0.3) is 0 Å². The molecule has 3 heteroatoms. The van der Waals surface area contributed by atoms with Crippen LogP contribution >= 0.6 is 11.8 Å². The van der Waals surface area contributed by atoms with Gasteiger partial charge in [-0.2, -0.15) is 11.8 Å². The predicted molar refractivity (Wildman–Crippen MR) is 61.1 cm³/mol. The summed E-state index contributed by atoms with van der Waals surface area (Å²) in [6, 6.07) is 6.86. The Bertz CT molecular complexity index is 347. The largest absolute Gasteiger partial charge is 0.298 e. The highest BCUT2D eigenvalue weighted by atomic mass is 32.2. The fourth-order valence-electron chi connectivity index (χ4n) is 1.86. The van der Waals surface area contributed by atoms with Gasteiger partial charge in [-0.1, -0.05) is 18.2 Å². The van der Waals surface area contributed by atoms with Gasteiger partial charge in [0.1, 0.15) is 12.5 Å². The van der Waals surface area contributed by atoms with E-state index in [0.29, 0.717) is 11.1 Å². The molecule has 2 atom stereocenters. The van der Waals surface area contributed by atoms with Crippen LogP contribution in [0.5, 0.6) is 0 Å². The van der Waals surface area contributed by atoms with Gasteiger partial charge in [0.05, 0.1) is 0 Å². The van der Waals surface area contributed by atoms with Crippen LogP contribution in [0.15, 0.2) is 24.3 Å². The van der Waals surface area contributed by atoms with Crippen LogP contribution in [0.1, 0.15) is 28.5 Å². The molecule has 0 aliphatic carbocycles. The summed E-state index contributed by atoms with van der Waals surface area (Å²) in [5.74, 6) is 2.07. The number of benzene rings is 1. The Morgan fingerprint density at radius 2 is 2.40 bits per heavy atom. The first-order valence-electron chi connectivity index (χ1n) is 5.08. The first-order valence-corrected chi connectivity index (χ1v) is 6.23. The van der Waals surface area contributed by atoms with E-state index in [4.69, 9.17) is 0 Å². The maximum Gasteiger partial charge on any atom is 0.150 e. The van der Waals surface area contributed by atoms with E-state index in [-0.39, 0.29) is 5.92 Å². The highest BCUT2D eigenvalue weighted by Gasteiger charge is 2.26. The summed E-state index contributed by atoms with van der Waals surface area (Å²) in [6.45, 7) is 0. The Balaban J connectivity index is 2.16. The lowest BCUT2D eigenvalue weighted by Gasteiger charge is -2.14. The number of halogens is 1. The number of rotatable bonds is 3. The van der Waals surface area contributed by atoms with Crippen molar-refractivity contribution < 1.29 is 9.18 Å². The van der Waals surface area contributed by atoms with Crippen molar-refractivity contribution in [2.24, 2.45) is 5.92 Å². The van der Waals surface area contributed by atoms with Crippen LogP contribution in [0.4, 0.5) is 4.39 Å². The average molecular weight is 224 g/mol. The van der Waals surface area contributed by atoms with E-state index >= 15 is 0 Å². The molecule has 1 aromatic rings. The van der Waals surface area contributed by atoms with Crippen LogP contribution in [0.3, 0.4) is 0 Å². The molecule has 0 saturated carbocycles. The first-order chi connectivity index (χ1) is 7.31. The smallest absolute Gasteiger partial charge is 0.150 e. The normalized spacial score (nSPS) is 22.6. The number of hydrogen-bond donors (Lipinski definition) is 0. The van der Waals surface area contributed by atoms with Gasteiger partial charge in [0.2, 0.25) is 0 Å². The lowest BCUT2D eigenvalue weighted by molar-refractivity contribution is 0.112. The molecule has 1 aliphatic heterocycles. The third-order valence-corrected chi connectivity index (χ3v) is 3.93. The molecule has 1 aliphatic rings. The second-order valence-electron chi connectivity index (χ2n) is 3.81. The molecule has 2 unspecified atom stereocenters. The zero-order valence-corrected chi connectivity index (χ0v) is 9.17. The molecule has 1 nitrogen and oxygen atoms in total. The summed E-state index contributed by atoms with van der Waals surface area (Å²) in [6.07, 6.45) is 0.788. The topological polar surface area (TPSA) is 17.1 Å². The van der Waals surface area contributed by atoms with Gasteiger partial charge in [0.25, 0.3) is 0 Å². The molecule has 1 heterocycles. The summed E-state index contributed by atoms with van der Waals surface area (Å²) in [5, 5.41) is 0. The fraction of sp³-hybridized carbons (Fsp3) is 0.417. The highest BCUT2D eigenvalue weighted by molar-refractivity contribution is 7.99. The van der Waals surface area contributed by atoms with Gasteiger partial charge in [-0.3, -0.25) is 4.79 Å². The number of thioether (sulfide) groups is 1. The second kappa shape index (κ2) is 4.79. The van der Waals surface area contributed by atoms with Crippen molar-refractivity contribution in [1.82, 2.24) is 0 Å². The quantitative estimate of drug-likeness (QED) is 0.733. The van der Waals surface area contributed by atoms with Gasteiger partial charge < -0.3 is 0 Å². The van der Waals surface area contributed by atoms with Gasteiger partial charge >= 0.3 is 0 Å². The average Bonchev–Trinajstić information content (AvgIpc) is 2.81. The van der Waals surface area contributed by atoms with Gasteiger partial charge in [-0.25, -0.2) is 4.39 Å². The Morgan fingerprint density at radius 1 is 1.53 bits per heavy atom. The minimum Gasteiger partial charge on any atom is -0.298 e. The van der Waals surface area contributed by atoms with Gasteiger partial charge in [-0.15, -0.1) is 0 Å². The summed E-state index contributed by atoms with van der Waals surface area (Å²) in [7, 11) is 0. The predicted octanol–water partition coefficient (Wildman–Crippen LogP) is 3.26. The molecule has 0 radical (unpaired) electrons. The van der Waals surface area contributed by atoms with Crippen LogP contribution in [0, 0.1) is 5.92 Å². The van der Waals surface area contributed by atoms with E-state index in [1.165, 1.54) is 0 Å². The number of aldehydes is 1. The van der Waals surface area contributed by atoms with Crippen molar-refractivity contribution in [2.45, 2.75) is 12.6 Å². The molecular formula is C12H13FOS. The van der Waals surface area contributed by atoms with Crippen LogP contribution < -0.4 is 0 Å². The summed E-state index contributed by atoms with van der Waals surface area (Å²) < 4.78 is 14.0. The Labute approximate surface area is 93.1 Å². The lowest BCUT2D eigenvalue weighted by Crippen LogP contribution is -2.07. The summed E-state index contributed by atoms with van der Waals surface area (Å²) in [4.78, 5) is 10.6. The zero-order valence-electron chi connectivity index (χ0n) is 8.36. The van der Waals surface area contributed by atoms with E-state index < -0.39 is 6.17 Å². The van der Waals surface area contributed by atoms with Crippen LogP contribution in [0.2, 0.25) is 0 Å². The van der Waals surface area contributed by atoms with Crippen molar-refractivity contribution >= 4 is 18.0 Å². The standard InChI is InChI=1S/C12H13FOS/c13-12(11-4-5-15-8-11)10-3-1-2-9(6-10)7-14/h1-3,6-7,11-12H,4-5,8H2. The molecule has 1 aromatic carbocycles. The van der Waals surface area contributed by atoms with E-state index in [2.05, 4.69) is 0 Å². The minimum atomic E-state index is -0.917. The molecule has 0 bridgehead atoms. The second-order valence-corrected chi connectivity index (χ2v) is 4.96. The molecule has 0 amide bonds. The van der Waals surface area contributed by atoms with Crippen LogP contribution in [-0.4, -0.2) is 17.8 Å². The van der Waals surface area contributed by atoms with Crippen molar-refractivity contribution in [3.05, 3.63) is 35.4 Å². The SMILES string of the molecule is O=Cc1cccc(C(F)C2CCSC2)c1. The van der Waals surface area contributed by atoms with E-state index in [9.17, 15) is 9.18 Å². The number of carbonyl (C=O) groups is 1. The Morgan fingerprint density at radius 3 is 3.07 bits per heavy atom.